The lowest BCUT2D eigenvalue weighted by Gasteiger charge is -2.43. The smallest absolute Gasteiger partial charge is 0.255 e. The fourth-order valence-corrected chi connectivity index (χ4v) is 5.46. The first-order valence-electron chi connectivity index (χ1n) is 11.6. The van der Waals surface area contributed by atoms with Gasteiger partial charge >= 0.3 is 0 Å². The molecule has 170 valence electrons. The van der Waals surface area contributed by atoms with E-state index in [1.165, 1.54) is 5.57 Å². The Kier molecular flexibility index (Phi) is 6.16. The van der Waals surface area contributed by atoms with Crippen LogP contribution in [0, 0.1) is 10.8 Å². The van der Waals surface area contributed by atoms with Crippen molar-refractivity contribution in [3.8, 4) is 16.9 Å². The first-order valence-corrected chi connectivity index (χ1v) is 11.6. The summed E-state index contributed by atoms with van der Waals surface area (Å²) < 4.78 is 0. The van der Waals surface area contributed by atoms with Crippen molar-refractivity contribution < 1.29 is 9.90 Å². The van der Waals surface area contributed by atoms with Crippen molar-refractivity contribution in [1.29, 1.82) is 0 Å². The molecule has 1 amide bonds. The van der Waals surface area contributed by atoms with E-state index < -0.39 is 0 Å². The number of phenolic OH excluding ortho intramolecular Hbond substituents is 1. The van der Waals surface area contributed by atoms with E-state index in [0.717, 1.165) is 41.6 Å². The Bertz CT molecular complexity index is 1150. The third kappa shape index (κ3) is 5.54. The van der Waals surface area contributed by atoms with Crippen LogP contribution in [0.25, 0.3) is 16.8 Å². The molecular weight excluding hydrogens is 406 g/mol. The Labute approximate surface area is 197 Å². The van der Waals surface area contributed by atoms with Crippen LogP contribution in [0.2, 0.25) is 0 Å². The number of rotatable bonds is 4. The van der Waals surface area contributed by atoms with Gasteiger partial charge in [0, 0.05) is 11.3 Å². The Balaban J connectivity index is 1.72. The predicted molar refractivity (Wildman–Crippen MR) is 136 cm³/mol. The highest BCUT2D eigenvalue weighted by Crippen LogP contribution is 2.49. The molecule has 0 bridgehead atoms. The predicted octanol–water partition coefficient (Wildman–Crippen LogP) is 7.44. The molecule has 3 aromatic rings. The molecule has 1 saturated carbocycles. The molecular formula is C30H33NO2. The second-order valence-electron chi connectivity index (χ2n) is 10.8. The van der Waals surface area contributed by atoms with Crippen LogP contribution in [0.4, 0.5) is 0 Å². The highest BCUT2D eigenvalue weighted by molar-refractivity contribution is 6.00. The Morgan fingerprint density at radius 3 is 2.00 bits per heavy atom. The van der Waals surface area contributed by atoms with E-state index in [2.05, 4.69) is 33.0 Å². The molecule has 33 heavy (non-hydrogen) atoms. The average molecular weight is 440 g/mol. The van der Waals surface area contributed by atoms with Crippen molar-refractivity contribution in [2.24, 2.45) is 10.8 Å². The van der Waals surface area contributed by atoms with E-state index in [0.29, 0.717) is 5.56 Å². The number of hydrogen-bond acceptors (Lipinski definition) is 2. The van der Waals surface area contributed by atoms with Crippen LogP contribution in [0.1, 0.15) is 62.9 Å². The van der Waals surface area contributed by atoms with Crippen molar-refractivity contribution in [1.82, 2.24) is 5.32 Å². The molecule has 0 radical (unpaired) electrons. The van der Waals surface area contributed by atoms with E-state index in [-0.39, 0.29) is 22.5 Å². The quantitative estimate of drug-likeness (QED) is 0.444. The largest absolute Gasteiger partial charge is 0.508 e. The number of amides is 1. The van der Waals surface area contributed by atoms with Gasteiger partial charge in [-0.3, -0.25) is 4.79 Å². The third-order valence-electron chi connectivity index (χ3n) is 6.32. The summed E-state index contributed by atoms with van der Waals surface area (Å²) in [5.41, 5.74) is 6.07. The molecule has 0 unspecified atom stereocenters. The molecule has 4 rings (SSSR count). The van der Waals surface area contributed by atoms with E-state index >= 15 is 0 Å². The van der Waals surface area contributed by atoms with Crippen molar-refractivity contribution >= 4 is 11.6 Å². The summed E-state index contributed by atoms with van der Waals surface area (Å²) in [6.07, 6.45) is 2.99. The first-order chi connectivity index (χ1) is 15.6. The van der Waals surface area contributed by atoms with Gasteiger partial charge in [0.2, 0.25) is 0 Å². The minimum atomic E-state index is -0.121. The zero-order valence-electron chi connectivity index (χ0n) is 20.0. The third-order valence-corrected chi connectivity index (χ3v) is 6.32. The van der Waals surface area contributed by atoms with Gasteiger partial charge in [-0.1, -0.05) is 70.2 Å². The Morgan fingerprint density at radius 1 is 0.758 bits per heavy atom. The van der Waals surface area contributed by atoms with Crippen LogP contribution in [-0.2, 0) is 0 Å². The zero-order valence-corrected chi connectivity index (χ0v) is 20.0. The SMILES string of the molecule is CC1(C)CC(=C(NC(=O)c2cccc(-c3ccccc3)c2)c2ccc(O)cc2)CC(C)(C)C1. The van der Waals surface area contributed by atoms with Crippen LogP contribution in [-0.4, -0.2) is 11.0 Å². The highest BCUT2D eigenvalue weighted by atomic mass is 16.3. The number of benzene rings is 3. The number of hydrogen-bond donors (Lipinski definition) is 2. The summed E-state index contributed by atoms with van der Waals surface area (Å²) in [6, 6.07) is 25.0. The van der Waals surface area contributed by atoms with Crippen molar-refractivity contribution in [2.75, 3.05) is 0 Å². The molecule has 0 heterocycles. The van der Waals surface area contributed by atoms with Crippen LogP contribution in [0.3, 0.4) is 0 Å². The normalized spacial score (nSPS) is 16.8. The molecule has 1 aliphatic rings. The lowest BCUT2D eigenvalue weighted by atomic mass is 9.63. The first kappa shape index (κ1) is 22.8. The number of carbonyl (C=O) groups is 1. The van der Waals surface area contributed by atoms with E-state index in [4.69, 9.17) is 0 Å². The molecule has 1 fully saturated rings. The van der Waals surface area contributed by atoms with Gasteiger partial charge in [0.25, 0.3) is 5.91 Å². The van der Waals surface area contributed by atoms with Crippen LogP contribution >= 0.6 is 0 Å². The second kappa shape index (κ2) is 8.90. The van der Waals surface area contributed by atoms with Gasteiger partial charge in [-0.05, 0) is 88.8 Å². The number of allylic oxidation sites excluding steroid dienone is 1. The van der Waals surface area contributed by atoms with Gasteiger partial charge in [0.05, 0.1) is 0 Å². The van der Waals surface area contributed by atoms with Gasteiger partial charge < -0.3 is 10.4 Å². The number of aromatic hydroxyl groups is 1. The van der Waals surface area contributed by atoms with Crippen LogP contribution < -0.4 is 5.32 Å². The standard InChI is InChI=1S/C30H33NO2/c1-29(2)18-25(19-30(3,4)20-29)27(22-13-15-26(32)16-14-22)31-28(33)24-12-8-11-23(17-24)21-9-6-5-7-10-21/h5-17,32H,18-20H2,1-4H3,(H,31,33). The minimum Gasteiger partial charge on any atom is -0.508 e. The second-order valence-corrected chi connectivity index (χ2v) is 10.8. The van der Waals surface area contributed by atoms with Gasteiger partial charge in [-0.2, -0.15) is 0 Å². The molecule has 0 spiro atoms. The maximum absolute atomic E-state index is 13.4. The van der Waals surface area contributed by atoms with Crippen molar-refractivity contribution in [3.05, 3.63) is 95.6 Å². The fraction of sp³-hybridized carbons (Fsp3) is 0.300. The number of carbonyl (C=O) groups excluding carboxylic acids is 1. The highest BCUT2D eigenvalue weighted by Gasteiger charge is 2.37. The Morgan fingerprint density at radius 2 is 1.36 bits per heavy atom. The molecule has 3 nitrogen and oxygen atoms in total. The van der Waals surface area contributed by atoms with Gasteiger partial charge in [0.15, 0.2) is 0 Å². The maximum atomic E-state index is 13.4. The van der Waals surface area contributed by atoms with Crippen molar-refractivity contribution in [2.45, 2.75) is 47.0 Å². The molecule has 0 aromatic heterocycles. The fourth-order valence-electron chi connectivity index (χ4n) is 5.46. The van der Waals surface area contributed by atoms with Gasteiger partial charge in [-0.25, -0.2) is 0 Å². The minimum absolute atomic E-state index is 0.121. The molecule has 0 saturated heterocycles. The summed E-state index contributed by atoms with van der Waals surface area (Å²) in [4.78, 5) is 13.4. The van der Waals surface area contributed by atoms with Crippen LogP contribution in [0.5, 0.6) is 5.75 Å². The summed E-state index contributed by atoms with van der Waals surface area (Å²) in [5.74, 6) is 0.0961. The topological polar surface area (TPSA) is 49.3 Å². The molecule has 1 aliphatic carbocycles. The van der Waals surface area contributed by atoms with Crippen molar-refractivity contribution in [3.63, 3.8) is 0 Å². The zero-order chi connectivity index (χ0) is 23.6. The lowest BCUT2D eigenvalue weighted by molar-refractivity contribution is 0.0971. The summed E-state index contributed by atoms with van der Waals surface area (Å²) in [5, 5.41) is 13.1. The molecule has 3 aromatic carbocycles. The average Bonchev–Trinajstić information content (AvgIpc) is 2.76. The Hall–Kier alpha value is -3.33. The summed E-state index contributed by atoms with van der Waals surface area (Å²) >= 11 is 0. The maximum Gasteiger partial charge on any atom is 0.255 e. The molecule has 3 heteroatoms. The van der Waals surface area contributed by atoms with E-state index in [9.17, 15) is 9.90 Å². The number of nitrogens with one attached hydrogen (secondary N) is 1. The van der Waals surface area contributed by atoms with Gasteiger partial charge in [0.1, 0.15) is 5.75 Å². The number of phenols is 1. The van der Waals surface area contributed by atoms with E-state index in [1.54, 1.807) is 12.1 Å². The lowest BCUT2D eigenvalue weighted by Crippen LogP contribution is -2.32. The van der Waals surface area contributed by atoms with Gasteiger partial charge in [-0.15, -0.1) is 0 Å². The molecule has 0 aliphatic heterocycles. The summed E-state index contributed by atoms with van der Waals surface area (Å²) in [7, 11) is 0. The monoisotopic (exact) mass is 439 g/mol. The molecule has 0 atom stereocenters. The summed E-state index contributed by atoms with van der Waals surface area (Å²) in [6.45, 7) is 9.20. The van der Waals surface area contributed by atoms with Crippen LogP contribution in [0.15, 0.2) is 84.4 Å². The molecule has 2 N–H and O–H groups in total. The van der Waals surface area contributed by atoms with E-state index in [1.807, 2.05) is 66.7 Å².